The second kappa shape index (κ2) is 7.77. The Balaban J connectivity index is 2.13. The minimum atomic E-state index is 0.247. The highest BCUT2D eigenvalue weighted by Gasteiger charge is 2.29. The molecule has 2 rings (SSSR count). The van der Waals surface area contributed by atoms with Crippen LogP contribution in [0.2, 0.25) is 0 Å². The predicted molar refractivity (Wildman–Crippen MR) is 84.1 cm³/mol. The Bertz CT molecular complexity index is 406. The molecular weight excluding hydrogens is 248 g/mol. The number of nitrogens with one attached hydrogen (secondary N) is 1. The second-order valence-electron chi connectivity index (χ2n) is 5.60. The van der Waals surface area contributed by atoms with Crippen molar-refractivity contribution in [3.05, 3.63) is 35.4 Å². The lowest BCUT2D eigenvalue weighted by atomic mass is 9.95. The summed E-state index contributed by atoms with van der Waals surface area (Å²) in [5, 5.41) is 3.62. The average molecular weight is 276 g/mol. The molecule has 1 aliphatic rings. The number of benzene rings is 1. The molecule has 0 bridgehead atoms. The van der Waals surface area contributed by atoms with Crippen LogP contribution in [0, 0.1) is 6.92 Å². The van der Waals surface area contributed by atoms with E-state index in [9.17, 15) is 0 Å². The molecule has 1 aromatic rings. The van der Waals surface area contributed by atoms with Crippen molar-refractivity contribution in [3.63, 3.8) is 0 Å². The molecule has 20 heavy (non-hydrogen) atoms. The van der Waals surface area contributed by atoms with Gasteiger partial charge in [0.1, 0.15) is 0 Å². The first-order valence-corrected chi connectivity index (χ1v) is 7.89. The van der Waals surface area contributed by atoms with Crippen LogP contribution < -0.4 is 5.32 Å². The average Bonchev–Trinajstić information content (AvgIpc) is 2.46. The normalized spacial score (nSPS) is 21.9. The number of ether oxygens (including phenoxy) is 1. The SMILES string of the molecule is CCCN1CCOC(C(NCC)c2ccccc2C)C1. The van der Waals surface area contributed by atoms with Gasteiger partial charge in [-0.25, -0.2) is 0 Å². The van der Waals surface area contributed by atoms with Crippen LogP contribution in [-0.4, -0.2) is 43.8 Å². The fraction of sp³-hybridized carbons (Fsp3) is 0.647. The van der Waals surface area contributed by atoms with Crippen LogP contribution in [0.4, 0.5) is 0 Å². The van der Waals surface area contributed by atoms with Gasteiger partial charge < -0.3 is 10.1 Å². The Morgan fingerprint density at radius 2 is 2.15 bits per heavy atom. The molecular formula is C17H28N2O. The summed E-state index contributed by atoms with van der Waals surface area (Å²) in [6, 6.07) is 8.93. The molecule has 0 aliphatic carbocycles. The molecule has 0 radical (unpaired) electrons. The first-order valence-electron chi connectivity index (χ1n) is 7.89. The van der Waals surface area contributed by atoms with Crippen molar-refractivity contribution in [2.24, 2.45) is 0 Å². The lowest BCUT2D eigenvalue weighted by Crippen LogP contribution is -2.48. The zero-order chi connectivity index (χ0) is 14.4. The number of aryl methyl sites for hydroxylation is 1. The van der Waals surface area contributed by atoms with E-state index >= 15 is 0 Å². The molecule has 3 heteroatoms. The minimum Gasteiger partial charge on any atom is -0.374 e. The Morgan fingerprint density at radius 1 is 1.35 bits per heavy atom. The number of hydrogen-bond acceptors (Lipinski definition) is 3. The first kappa shape index (κ1) is 15.5. The highest BCUT2D eigenvalue weighted by Crippen LogP contribution is 2.25. The van der Waals surface area contributed by atoms with Crippen molar-refractivity contribution in [2.45, 2.75) is 39.3 Å². The van der Waals surface area contributed by atoms with E-state index in [-0.39, 0.29) is 6.10 Å². The summed E-state index contributed by atoms with van der Waals surface area (Å²) in [5.74, 6) is 0. The van der Waals surface area contributed by atoms with Crippen molar-refractivity contribution in [3.8, 4) is 0 Å². The molecule has 0 amide bonds. The van der Waals surface area contributed by atoms with Crippen LogP contribution in [-0.2, 0) is 4.74 Å². The topological polar surface area (TPSA) is 24.5 Å². The predicted octanol–water partition coefficient (Wildman–Crippen LogP) is 2.76. The van der Waals surface area contributed by atoms with Gasteiger partial charge in [0, 0.05) is 13.1 Å². The van der Waals surface area contributed by atoms with Crippen molar-refractivity contribution in [1.29, 1.82) is 0 Å². The summed E-state index contributed by atoms with van der Waals surface area (Å²) in [7, 11) is 0. The number of rotatable bonds is 6. The number of hydrogen-bond donors (Lipinski definition) is 1. The van der Waals surface area contributed by atoms with Crippen LogP contribution in [0.25, 0.3) is 0 Å². The maximum atomic E-state index is 6.07. The Hall–Kier alpha value is -0.900. The minimum absolute atomic E-state index is 0.247. The third-order valence-corrected chi connectivity index (χ3v) is 4.04. The quantitative estimate of drug-likeness (QED) is 0.864. The molecule has 0 spiro atoms. The van der Waals surface area contributed by atoms with Crippen molar-refractivity contribution in [1.82, 2.24) is 10.2 Å². The van der Waals surface area contributed by atoms with Crippen molar-refractivity contribution in [2.75, 3.05) is 32.8 Å². The smallest absolute Gasteiger partial charge is 0.0897 e. The van der Waals surface area contributed by atoms with E-state index in [1.165, 1.54) is 24.1 Å². The van der Waals surface area contributed by atoms with Gasteiger partial charge in [-0.05, 0) is 37.6 Å². The Labute approximate surface area is 123 Å². The number of morpholine rings is 1. The summed E-state index contributed by atoms with van der Waals surface area (Å²) in [5.41, 5.74) is 2.72. The van der Waals surface area contributed by atoms with E-state index < -0.39 is 0 Å². The lowest BCUT2D eigenvalue weighted by molar-refractivity contribution is -0.0469. The van der Waals surface area contributed by atoms with Crippen LogP contribution in [0.5, 0.6) is 0 Å². The molecule has 112 valence electrons. The van der Waals surface area contributed by atoms with Gasteiger partial charge >= 0.3 is 0 Å². The molecule has 1 N–H and O–H groups in total. The van der Waals surface area contributed by atoms with E-state index in [0.717, 1.165) is 26.2 Å². The summed E-state index contributed by atoms with van der Waals surface area (Å²) in [4.78, 5) is 2.52. The molecule has 0 aromatic heterocycles. The highest BCUT2D eigenvalue weighted by atomic mass is 16.5. The van der Waals surface area contributed by atoms with Gasteiger partial charge in [-0.1, -0.05) is 38.1 Å². The van der Waals surface area contributed by atoms with Gasteiger partial charge in [-0.15, -0.1) is 0 Å². The van der Waals surface area contributed by atoms with Crippen LogP contribution in [0.3, 0.4) is 0 Å². The monoisotopic (exact) mass is 276 g/mol. The summed E-state index contributed by atoms with van der Waals surface area (Å²) < 4.78 is 6.07. The third-order valence-electron chi connectivity index (χ3n) is 4.04. The van der Waals surface area contributed by atoms with Gasteiger partial charge in [0.2, 0.25) is 0 Å². The standard InChI is InChI=1S/C17H28N2O/c1-4-10-19-11-12-20-16(13-19)17(18-5-2)15-9-7-6-8-14(15)3/h6-9,16-18H,4-5,10-13H2,1-3H3. The summed E-state index contributed by atoms with van der Waals surface area (Å²) in [6.45, 7) is 11.7. The van der Waals surface area contributed by atoms with E-state index in [0.29, 0.717) is 6.04 Å². The van der Waals surface area contributed by atoms with Crippen LogP contribution in [0.1, 0.15) is 37.4 Å². The zero-order valence-electron chi connectivity index (χ0n) is 13.1. The van der Waals surface area contributed by atoms with Gasteiger partial charge in [0.05, 0.1) is 18.8 Å². The molecule has 2 unspecified atom stereocenters. The fourth-order valence-electron chi connectivity index (χ4n) is 3.05. The Morgan fingerprint density at radius 3 is 2.85 bits per heavy atom. The molecule has 1 aromatic carbocycles. The van der Waals surface area contributed by atoms with E-state index in [4.69, 9.17) is 4.74 Å². The van der Waals surface area contributed by atoms with Crippen LogP contribution >= 0.6 is 0 Å². The van der Waals surface area contributed by atoms with E-state index in [1.807, 2.05) is 0 Å². The van der Waals surface area contributed by atoms with E-state index in [2.05, 4.69) is 55.3 Å². The van der Waals surface area contributed by atoms with Crippen molar-refractivity contribution >= 4 is 0 Å². The lowest BCUT2D eigenvalue weighted by Gasteiger charge is -2.37. The second-order valence-corrected chi connectivity index (χ2v) is 5.60. The molecule has 2 atom stereocenters. The summed E-state index contributed by atoms with van der Waals surface area (Å²) in [6.07, 6.45) is 1.46. The molecule has 1 fully saturated rings. The molecule has 1 aliphatic heterocycles. The van der Waals surface area contributed by atoms with Crippen LogP contribution in [0.15, 0.2) is 24.3 Å². The summed E-state index contributed by atoms with van der Waals surface area (Å²) >= 11 is 0. The number of likely N-dealkylation sites (N-methyl/N-ethyl adjacent to an activating group) is 1. The molecule has 3 nitrogen and oxygen atoms in total. The Kier molecular flexibility index (Phi) is 6.02. The van der Waals surface area contributed by atoms with Gasteiger partial charge in [-0.3, -0.25) is 4.90 Å². The molecule has 1 heterocycles. The third kappa shape index (κ3) is 3.81. The zero-order valence-corrected chi connectivity index (χ0v) is 13.1. The molecule has 1 saturated heterocycles. The number of nitrogens with zero attached hydrogens (tertiary/aromatic N) is 1. The first-order chi connectivity index (χ1) is 9.76. The van der Waals surface area contributed by atoms with Crippen molar-refractivity contribution < 1.29 is 4.74 Å². The largest absolute Gasteiger partial charge is 0.374 e. The fourth-order valence-corrected chi connectivity index (χ4v) is 3.05. The van der Waals surface area contributed by atoms with Gasteiger partial charge in [-0.2, -0.15) is 0 Å². The maximum Gasteiger partial charge on any atom is 0.0897 e. The molecule has 0 saturated carbocycles. The maximum absolute atomic E-state index is 6.07. The van der Waals surface area contributed by atoms with Gasteiger partial charge in [0.25, 0.3) is 0 Å². The van der Waals surface area contributed by atoms with E-state index in [1.54, 1.807) is 0 Å². The highest BCUT2D eigenvalue weighted by molar-refractivity contribution is 5.29. The van der Waals surface area contributed by atoms with Gasteiger partial charge in [0.15, 0.2) is 0 Å².